The number of carboxylic acids is 1. The van der Waals surface area contributed by atoms with Crippen LogP contribution < -0.4 is 0 Å². The van der Waals surface area contributed by atoms with E-state index < -0.39 is 67.3 Å². The summed E-state index contributed by atoms with van der Waals surface area (Å²) in [4.78, 5) is 51.4. The first-order valence-corrected chi connectivity index (χ1v) is 32.9. The number of hydrogen-bond acceptors (Lipinski definition) is 11. The van der Waals surface area contributed by atoms with Crippen LogP contribution in [-0.2, 0) is 42.9 Å². The molecule has 0 amide bonds. The monoisotopic (exact) mass is 1160 g/mol. The highest BCUT2D eigenvalue weighted by Gasteiger charge is 2.50. The molecule has 0 spiro atoms. The van der Waals surface area contributed by atoms with E-state index in [0.29, 0.717) is 19.3 Å². The number of ether oxygens (including phenoxy) is 5. The molecule has 472 valence electrons. The standard InChI is InChI=1S/C71H116O12/c1-4-7-10-13-16-19-22-25-28-30-32-34-37-39-42-45-48-51-54-57-63(72)79-60-62(81-64(73)58-55-52-49-46-43-40-36-27-24-21-18-15-12-9-6-3)61-80-71-69(67(76)66(75)68(83-71)70(77)78)82-65(74)59-56-53-50-47-44-41-38-35-33-31-29-26-23-20-17-14-11-8-5-2/h7,10,16-21,25-29,32,34,36,39,42,62,66-69,71,75-76H,4-6,8-9,11-15,22-24,30-31,33,35,37-38,40-41,43-61H2,1-3H3,(H,77,78)/b10-7-,19-16-,20-17-,21-18-,28-25-,29-26-,34-32-,36-27-,42-39-. The molecular weight excluding hydrogens is 1040 g/mol. The van der Waals surface area contributed by atoms with E-state index in [4.69, 9.17) is 23.7 Å². The number of allylic oxidation sites excluding steroid dienone is 18. The lowest BCUT2D eigenvalue weighted by Gasteiger charge is -2.40. The third-order valence-electron chi connectivity index (χ3n) is 14.3. The molecule has 3 N–H and O–H groups in total. The molecule has 1 saturated heterocycles. The Morgan fingerprint density at radius 1 is 0.410 bits per heavy atom. The fourth-order valence-corrected chi connectivity index (χ4v) is 9.28. The molecule has 0 radical (unpaired) electrons. The van der Waals surface area contributed by atoms with E-state index >= 15 is 0 Å². The number of rotatable bonds is 55. The highest BCUT2D eigenvalue weighted by atomic mass is 16.7. The minimum atomic E-state index is -1.92. The number of unbranched alkanes of at least 4 members (excludes halogenated alkanes) is 23. The largest absolute Gasteiger partial charge is 0.479 e. The van der Waals surface area contributed by atoms with Crippen molar-refractivity contribution in [3.8, 4) is 0 Å². The van der Waals surface area contributed by atoms with Crippen LogP contribution in [0.15, 0.2) is 109 Å². The second-order valence-corrected chi connectivity index (χ2v) is 22.0. The highest BCUT2D eigenvalue weighted by molar-refractivity contribution is 5.74. The van der Waals surface area contributed by atoms with E-state index in [1.165, 1.54) is 70.6 Å². The predicted octanol–water partition coefficient (Wildman–Crippen LogP) is 17.8. The van der Waals surface area contributed by atoms with Crippen LogP contribution in [0.1, 0.15) is 265 Å². The lowest BCUT2D eigenvalue weighted by molar-refractivity contribution is -0.301. The molecule has 12 heteroatoms. The fraction of sp³-hybridized carbons (Fsp3) is 0.690. The maximum absolute atomic E-state index is 13.2. The summed E-state index contributed by atoms with van der Waals surface area (Å²) in [5, 5.41) is 31.6. The lowest BCUT2D eigenvalue weighted by atomic mass is 9.98. The molecular formula is C71H116O12. The molecule has 12 nitrogen and oxygen atoms in total. The summed E-state index contributed by atoms with van der Waals surface area (Å²) in [6, 6.07) is 0. The number of aliphatic hydroxyl groups is 2. The summed E-state index contributed by atoms with van der Waals surface area (Å²) in [6.07, 6.45) is 66.1. The number of carbonyl (C=O) groups is 4. The van der Waals surface area contributed by atoms with Gasteiger partial charge in [0.25, 0.3) is 0 Å². The molecule has 1 rings (SSSR count). The molecule has 0 bridgehead atoms. The van der Waals surface area contributed by atoms with Crippen molar-refractivity contribution in [1.82, 2.24) is 0 Å². The van der Waals surface area contributed by atoms with Crippen LogP contribution in [0.2, 0.25) is 0 Å². The molecule has 0 saturated carbocycles. The summed E-state index contributed by atoms with van der Waals surface area (Å²) in [5.74, 6) is -3.19. The first kappa shape index (κ1) is 76.4. The molecule has 1 fully saturated rings. The lowest BCUT2D eigenvalue weighted by Crippen LogP contribution is -2.61. The van der Waals surface area contributed by atoms with E-state index in [9.17, 15) is 34.5 Å². The topological polar surface area (TPSA) is 175 Å². The SMILES string of the molecule is CC/C=C\C/C=C\C/C=C\C/C=C\C/C=C\CCCCCC(=O)OCC(COC1OC(C(=O)O)C(O)C(O)C1OC(=O)CCCCCCCCCCC/C=C\C/C=C\CCCCC)OC(=O)CCCCCCC/C=C\C/C=C\CCCCC. The maximum Gasteiger partial charge on any atom is 0.335 e. The Morgan fingerprint density at radius 3 is 1.17 bits per heavy atom. The number of aliphatic hydroxyl groups excluding tert-OH is 2. The Morgan fingerprint density at radius 2 is 0.759 bits per heavy atom. The van der Waals surface area contributed by atoms with E-state index in [1.54, 1.807) is 0 Å². The smallest absolute Gasteiger partial charge is 0.335 e. The quantitative estimate of drug-likeness (QED) is 0.0228. The van der Waals surface area contributed by atoms with Gasteiger partial charge in [0, 0.05) is 19.3 Å². The summed E-state index contributed by atoms with van der Waals surface area (Å²) < 4.78 is 28.5. The Labute approximate surface area is 504 Å². The average molecular weight is 1160 g/mol. The first-order valence-electron chi connectivity index (χ1n) is 32.9. The van der Waals surface area contributed by atoms with Crippen LogP contribution >= 0.6 is 0 Å². The van der Waals surface area contributed by atoms with Gasteiger partial charge in [0.05, 0.1) is 6.61 Å². The van der Waals surface area contributed by atoms with Crippen molar-refractivity contribution in [1.29, 1.82) is 0 Å². The van der Waals surface area contributed by atoms with Crippen LogP contribution in [0.3, 0.4) is 0 Å². The van der Waals surface area contributed by atoms with Gasteiger partial charge in [-0.1, -0.05) is 226 Å². The van der Waals surface area contributed by atoms with Crippen LogP contribution in [0.4, 0.5) is 0 Å². The van der Waals surface area contributed by atoms with E-state index in [2.05, 4.69) is 130 Å². The molecule has 1 aliphatic heterocycles. The maximum atomic E-state index is 13.2. The number of carbonyl (C=O) groups excluding carboxylic acids is 3. The van der Waals surface area contributed by atoms with Crippen molar-refractivity contribution in [2.45, 2.75) is 302 Å². The van der Waals surface area contributed by atoms with E-state index in [-0.39, 0.29) is 25.9 Å². The predicted molar refractivity (Wildman–Crippen MR) is 340 cm³/mol. The fourth-order valence-electron chi connectivity index (χ4n) is 9.28. The number of hydrogen-bond donors (Lipinski definition) is 3. The minimum absolute atomic E-state index is 0.0459. The second-order valence-electron chi connectivity index (χ2n) is 22.0. The van der Waals surface area contributed by atoms with Gasteiger partial charge in [-0.25, -0.2) is 4.79 Å². The highest BCUT2D eigenvalue weighted by Crippen LogP contribution is 2.26. The Balaban J connectivity index is 2.69. The Hall–Kier alpha value is -4.62. The van der Waals surface area contributed by atoms with E-state index in [1.807, 2.05) is 0 Å². The molecule has 1 aliphatic rings. The van der Waals surface area contributed by atoms with Crippen molar-refractivity contribution >= 4 is 23.9 Å². The number of carboxylic acid groups (broad SMARTS) is 1. The third kappa shape index (κ3) is 47.3. The normalized spacial score (nSPS) is 18.3. The molecule has 6 atom stereocenters. The van der Waals surface area contributed by atoms with Gasteiger partial charge in [-0.2, -0.15) is 0 Å². The molecule has 83 heavy (non-hydrogen) atoms. The van der Waals surface area contributed by atoms with Gasteiger partial charge >= 0.3 is 23.9 Å². The van der Waals surface area contributed by atoms with Crippen LogP contribution in [0.25, 0.3) is 0 Å². The van der Waals surface area contributed by atoms with Crippen molar-refractivity contribution in [3.05, 3.63) is 109 Å². The zero-order valence-corrected chi connectivity index (χ0v) is 52.2. The Bertz CT molecular complexity index is 1860. The number of esters is 3. The first-order chi connectivity index (χ1) is 40.6. The van der Waals surface area contributed by atoms with Gasteiger partial charge < -0.3 is 39.0 Å². The summed E-state index contributed by atoms with van der Waals surface area (Å²) in [7, 11) is 0. The van der Waals surface area contributed by atoms with Crippen LogP contribution in [0.5, 0.6) is 0 Å². The third-order valence-corrected chi connectivity index (χ3v) is 14.3. The van der Waals surface area contributed by atoms with Crippen molar-refractivity contribution in [3.63, 3.8) is 0 Å². The zero-order chi connectivity index (χ0) is 60.3. The van der Waals surface area contributed by atoms with Crippen molar-refractivity contribution in [2.75, 3.05) is 13.2 Å². The molecule has 6 unspecified atom stereocenters. The van der Waals surface area contributed by atoms with Gasteiger partial charge in [-0.05, 0) is 128 Å². The Kier molecular flexibility index (Phi) is 53.2. The summed E-state index contributed by atoms with van der Waals surface area (Å²) >= 11 is 0. The molecule has 0 aromatic rings. The van der Waals surface area contributed by atoms with Gasteiger partial charge in [-0.15, -0.1) is 0 Å². The van der Waals surface area contributed by atoms with Crippen LogP contribution in [-0.4, -0.2) is 89.2 Å². The zero-order valence-electron chi connectivity index (χ0n) is 52.2. The summed E-state index contributed by atoms with van der Waals surface area (Å²) in [5.41, 5.74) is 0. The van der Waals surface area contributed by atoms with Gasteiger partial charge in [-0.3, -0.25) is 14.4 Å². The minimum Gasteiger partial charge on any atom is -0.479 e. The summed E-state index contributed by atoms with van der Waals surface area (Å²) in [6.45, 7) is 5.81. The van der Waals surface area contributed by atoms with Gasteiger partial charge in [0.1, 0.15) is 18.8 Å². The molecule has 1 heterocycles. The van der Waals surface area contributed by atoms with Crippen LogP contribution in [0, 0.1) is 0 Å². The van der Waals surface area contributed by atoms with Crippen molar-refractivity contribution < 1.29 is 58.2 Å². The molecule has 0 aromatic heterocycles. The second kappa shape index (κ2) is 57.8. The van der Waals surface area contributed by atoms with Gasteiger partial charge in [0.2, 0.25) is 0 Å². The number of aliphatic carboxylic acids is 1. The average Bonchev–Trinajstić information content (AvgIpc) is 3.57. The van der Waals surface area contributed by atoms with Gasteiger partial charge in [0.15, 0.2) is 24.6 Å². The molecule has 0 aromatic carbocycles. The van der Waals surface area contributed by atoms with E-state index in [0.717, 1.165) is 135 Å². The molecule has 0 aliphatic carbocycles. The van der Waals surface area contributed by atoms with Crippen molar-refractivity contribution in [2.24, 2.45) is 0 Å².